The van der Waals surface area contributed by atoms with Gasteiger partial charge in [-0.25, -0.2) is 5.32 Å². The van der Waals surface area contributed by atoms with Gasteiger partial charge in [0, 0.05) is 12.5 Å². The number of guanidine groups is 1. The molecule has 2 heterocycles. The lowest BCUT2D eigenvalue weighted by Gasteiger charge is -2.21. The fourth-order valence-corrected chi connectivity index (χ4v) is 2.84. The number of hydrogen-bond donors (Lipinski definition) is 3. The Bertz CT molecular complexity index is 435. The van der Waals surface area contributed by atoms with Gasteiger partial charge in [-0.3, -0.25) is 9.89 Å². The Morgan fingerprint density at radius 1 is 1.16 bits per heavy atom. The zero-order valence-electron chi connectivity index (χ0n) is 11.4. The molecule has 0 amide bonds. The normalized spacial score (nSPS) is 23.3. The quantitative estimate of drug-likeness (QED) is 0.715. The zero-order chi connectivity index (χ0) is 12.9. The lowest BCUT2D eigenvalue weighted by molar-refractivity contribution is -0.536. The van der Waals surface area contributed by atoms with Crippen LogP contribution in [-0.4, -0.2) is 42.8 Å². The largest absolute Gasteiger partial charge is 0.350 e. The Hall–Kier alpha value is -1.55. The smallest absolute Gasteiger partial charge is 0.311 e. The van der Waals surface area contributed by atoms with Crippen LogP contribution in [0.25, 0.3) is 0 Å². The van der Waals surface area contributed by atoms with Gasteiger partial charge in [-0.1, -0.05) is 18.2 Å². The molecule has 0 spiro atoms. The van der Waals surface area contributed by atoms with Gasteiger partial charge in [-0.15, -0.1) is 0 Å². The van der Waals surface area contributed by atoms with Gasteiger partial charge < -0.3 is 5.32 Å². The molecule has 2 aliphatic rings. The molecule has 0 aliphatic carbocycles. The van der Waals surface area contributed by atoms with E-state index in [-0.39, 0.29) is 0 Å². The maximum atomic E-state index is 3.58. The number of anilines is 1. The minimum atomic E-state index is 0.646. The van der Waals surface area contributed by atoms with Gasteiger partial charge in [-0.05, 0) is 31.5 Å². The van der Waals surface area contributed by atoms with Crippen molar-refractivity contribution in [3.05, 3.63) is 30.3 Å². The molecule has 1 saturated heterocycles. The van der Waals surface area contributed by atoms with Crippen molar-refractivity contribution in [1.82, 2.24) is 10.6 Å². The van der Waals surface area contributed by atoms with Crippen LogP contribution in [0.2, 0.25) is 0 Å². The number of para-hydroxylation sites is 1. The van der Waals surface area contributed by atoms with E-state index in [1.165, 1.54) is 25.8 Å². The molecule has 19 heavy (non-hydrogen) atoms. The first kappa shape index (κ1) is 12.5. The van der Waals surface area contributed by atoms with Crippen molar-refractivity contribution in [3.8, 4) is 0 Å². The second-order valence-electron chi connectivity index (χ2n) is 5.36. The van der Waals surface area contributed by atoms with Crippen LogP contribution in [0.15, 0.2) is 30.3 Å². The Morgan fingerprint density at radius 3 is 2.84 bits per heavy atom. The van der Waals surface area contributed by atoms with Crippen LogP contribution >= 0.6 is 0 Å². The first-order valence-electron chi connectivity index (χ1n) is 7.33. The molecule has 0 radical (unpaired) electrons. The molecule has 1 aromatic rings. The van der Waals surface area contributed by atoms with Crippen molar-refractivity contribution >= 4 is 11.6 Å². The summed E-state index contributed by atoms with van der Waals surface area (Å²) in [5.41, 5.74) is 1.15. The molecular weight excluding hydrogens is 236 g/mol. The van der Waals surface area contributed by atoms with E-state index in [0.29, 0.717) is 6.04 Å². The molecule has 3 N–H and O–H groups in total. The fraction of sp³-hybridized carbons (Fsp3) is 0.533. The van der Waals surface area contributed by atoms with Crippen molar-refractivity contribution < 1.29 is 4.58 Å². The average molecular weight is 259 g/mol. The van der Waals surface area contributed by atoms with Crippen LogP contribution in [0.5, 0.6) is 0 Å². The Balaban J connectivity index is 1.72. The molecule has 0 saturated carbocycles. The van der Waals surface area contributed by atoms with Crippen molar-refractivity contribution in [1.29, 1.82) is 0 Å². The zero-order valence-corrected chi connectivity index (χ0v) is 11.4. The third kappa shape index (κ3) is 3.26. The molecule has 1 aromatic carbocycles. The third-order valence-electron chi connectivity index (χ3n) is 3.85. The van der Waals surface area contributed by atoms with Gasteiger partial charge in [0.2, 0.25) is 0 Å². The summed E-state index contributed by atoms with van der Waals surface area (Å²) in [5.74, 6) is 1.16. The van der Waals surface area contributed by atoms with E-state index in [9.17, 15) is 0 Å². The van der Waals surface area contributed by atoms with Gasteiger partial charge in [-0.2, -0.15) is 0 Å². The maximum Gasteiger partial charge on any atom is 0.350 e. The summed E-state index contributed by atoms with van der Waals surface area (Å²) in [4.78, 5) is 0. The first-order valence-corrected chi connectivity index (χ1v) is 7.33. The predicted octanol–water partition coefficient (Wildman–Crippen LogP) is 1.21. The summed E-state index contributed by atoms with van der Waals surface area (Å²) in [6, 6.07) is 11.0. The standard InChI is InChI=1S/C15H22N4/c1-2-6-13(7-3-1)18-15-17-10-5-11-19(15)12-14-8-4-9-16-14/h1-3,6-7,14,16H,4-5,8-12H2,(H,17,18)/p+1/t14-/m0/s1. The van der Waals surface area contributed by atoms with Crippen LogP contribution in [0.1, 0.15) is 19.3 Å². The molecule has 1 fully saturated rings. The minimum Gasteiger partial charge on any atom is -0.311 e. The van der Waals surface area contributed by atoms with Crippen molar-refractivity contribution in [2.75, 3.05) is 31.5 Å². The van der Waals surface area contributed by atoms with Crippen molar-refractivity contribution in [3.63, 3.8) is 0 Å². The highest BCUT2D eigenvalue weighted by Gasteiger charge is 2.23. The number of benzene rings is 1. The minimum absolute atomic E-state index is 0.646. The summed E-state index contributed by atoms with van der Waals surface area (Å²) in [5, 5.41) is 10.6. The van der Waals surface area contributed by atoms with Gasteiger partial charge in [0.15, 0.2) is 0 Å². The number of hydrogen-bond acceptors (Lipinski definition) is 3. The van der Waals surface area contributed by atoms with Crippen molar-refractivity contribution in [2.45, 2.75) is 25.3 Å². The van der Waals surface area contributed by atoms with Gasteiger partial charge in [0.25, 0.3) is 0 Å². The Kier molecular flexibility index (Phi) is 3.98. The molecule has 0 bridgehead atoms. The maximum absolute atomic E-state index is 3.58. The highest BCUT2D eigenvalue weighted by Crippen LogP contribution is 2.08. The summed E-state index contributed by atoms with van der Waals surface area (Å²) < 4.78 is 2.44. The highest BCUT2D eigenvalue weighted by molar-refractivity contribution is 5.90. The van der Waals surface area contributed by atoms with Gasteiger partial charge in [0.1, 0.15) is 0 Å². The summed E-state index contributed by atoms with van der Waals surface area (Å²) in [7, 11) is 0. The van der Waals surface area contributed by atoms with Crippen LogP contribution < -0.4 is 16.0 Å². The van der Waals surface area contributed by atoms with Crippen LogP contribution in [0, 0.1) is 0 Å². The molecule has 4 nitrogen and oxygen atoms in total. The van der Waals surface area contributed by atoms with E-state index in [1.807, 2.05) is 6.07 Å². The van der Waals surface area contributed by atoms with Gasteiger partial charge in [0.05, 0.1) is 25.3 Å². The monoisotopic (exact) mass is 259 g/mol. The van der Waals surface area contributed by atoms with Crippen LogP contribution in [0.3, 0.4) is 0 Å². The predicted molar refractivity (Wildman–Crippen MR) is 78.7 cm³/mol. The van der Waals surface area contributed by atoms with Crippen LogP contribution in [-0.2, 0) is 0 Å². The third-order valence-corrected chi connectivity index (χ3v) is 3.85. The lowest BCUT2D eigenvalue weighted by Crippen LogP contribution is -2.48. The fourth-order valence-electron chi connectivity index (χ4n) is 2.84. The number of nitrogens with zero attached hydrogens (tertiary/aromatic N) is 1. The van der Waals surface area contributed by atoms with E-state index >= 15 is 0 Å². The Morgan fingerprint density at radius 2 is 2.05 bits per heavy atom. The van der Waals surface area contributed by atoms with Crippen LogP contribution in [0.4, 0.5) is 5.69 Å². The highest BCUT2D eigenvalue weighted by atomic mass is 15.3. The molecule has 0 aromatic heterocycles. The molecule has 0 unspecified atom stereocenters. The molecule has 1 atom stereocenters. The van der Waals surface area contributed by atoms with E-state index in [4.69, 9.17) is 0 Å². The average Bonchev–Trinajstić information content (AvgIpc) is 2.95. The molecule has 102 valence electrons. The van der Waals surface area contributed by atoms with E-state index in [0.717, 1.165) is 31.3 Å². The SMILES string of the molecule is c1ccc(NC2=[N+](C[C@@H]3CCCN3)CCCN2)cc1. The van der Waals surface area contributed by atoms with Gasteiger partial charge >= 0.3 is 5.96 Å². The Labute approximate surface area is 114 Å². The second-order valence-corrected chi connectivity index (χ2v) is 5.36. The molecule has 4 heteroatoms. The first-order chi connectivity index (χ1) is 9.42. The molecule has 2 aliphatic heterocycles. The molecular formula is C15H23N4+. The van der Waals surface area contributed by atoms with E-state index in [2.05, 4.69) is 44.8 Å². The van der Waals surface area contributed by atoms with Crippen molar-refractivity contribution in [2.24, 2.45) is 0 Å². The summed E-state index contributed by atoms with van der Waals surface area (Å²) in [6.07, 6.45) is 3.83. The number of rotatable bonds is 3. The molecule has 3 rings (SSSR count). The van der Waals surface area contributed by atoms with E-state index in [1.54, 1.807) is 0 Å². The topological polar surface area (TPSA) is 39.1 Å². The lowest BCUT2D eigenvalue weighted by atomic mass is 10.2. The summed E-state index contributed by atoms with van der Waals surface area (Å²) in [6.45, 7) is 4.47. The van der Waals surface area contributed by atoms with E-state index < -0.39 is 0 Å². The summed E-state index contributed by atoms with van der Waals surface area (Å²) >= 11 is 0. The second kappa shape index (κ2) is 6.06. The number of nitrogens with one attached hydrogen (secondary N) is 3.